The molecule has 0 saturated carbocycles. The van der Waals surface area contributed by atoms with E-state index in [0.29, 0.717) is 5.56 Å². The Hall–Kier alpha value is -2.62. The Morgan fingerprint density at radius 2 is 2.00 bits per heavy atom. The van der Waals surface area contributed by atoms with E-state index in [-0.39, 0.29) is 5.91 Å². The summed E-state index contributed by atoms with van der Waals surface area (Å²) in [7, 11) is 0. The van der Waals surface area contributed by atoms with Gasteiger partial charge in [0.05, 0.1) is 17.3 Å². The van der Waals surface area contributed by atoms with Crippen LogP contribution in [-0.4, -0.2) is 16.1 Å². The SMILES string of the molecule is CCCc1ccc(NC(=O)c2cccc3cn[nH]c23)cc1. The van der Waals surface area contributed by atoms with Crippen molar-refractivity contribution in [2.45, 2.75) is 19.8 Å². The summed E-state index contributed by atoms with van der Waals surface area (Å²) in [5.41, 5.74) is 3.45. The van der Waals surface area contributed by atoms with Crippen LogP contribution in [0.4, 0.5) is 5.69 Å². The molecule has 0 aliphatic carbocycles. The molecule has 0 radical (unpaired) electrons. The number of fused-ring (bicyclic) bond motifs is 1. The Morgan fingerprint density at radius 1 is 1.19 bits per heavy atom. The van der Waals surface area contributed by atoms with Gasteiger partial charge in [-0.3, -0.25) is 9.89 Å². The Kier molecular flexibility index (Phi) is 3.69. The summed E-state index contributed by atoms with van der Waals surface area (Å²) in [6, 6.07) is 13.6. The summed E-state index contributed by atoms with van der Waals surface area (Å²) in [5.74, 6) is -0.131. The van der Waals surface area contributed by atoms with E-state index in [1.807, 2.05) is 24.3 Å². The number of aromatic amines is 1. The van der Waals surface area contributed by atoms with Gasteiger partial charge in [-0.05, 0) is 30.2 Å². The predicted octanol–water partition coefficient (Wildman–Crippen LogP) is 3.77. The Bertz CT molecular complexity index is 759. The van der Waals surface area contributed by atoms with E-state index < -0.39 is 0 Å². The summed E-state index contributed by atoms with van der Waals surface area (Å²) in [6.45, 7) is 2.15. The van der Waals surface area contributed by atoms with Gasteiger partial charge in [-0.25, -0.2) is 0 Å². The number of para-hydroxylation sites is 1. The maximum atomic E-state index is 12.4. The van der Waals surface area contributed by atoms with E-state index >= 15 is 0 Å². The maximum absolute atomic E-state index is 12.4. The van der Waals surface area contributed by atoms with E-state index in [9.17, 15) is 4.79 Å². The molecule has 2 N–H and O–H groups in total. The number of rotatable bonds is 4. The van der Waals surface area contributed by atoms with Gasteiger partial charge in [0.2, 0.25) is 0 Å². The molecular formula is C17H17N3O. The average Bonchev–Trinajstić information content (AvgIpc) is 2.98. The number of benzene rings is 2. The Balaban J connectivity index is 1.81. The van der Waals surface area contributed by atoms with Crippen LogP contribution in [0.2, 0.25) is 0 Å². The zero-order chi connectivity index (χ0) is 14.7. The molecule has 4 heteroatoms. The highest BCUT2D eigenvalue weighted by atomic mass is 16.1. The van der Waals surface area contributed by atoms with Gasteiger partial charge in [0.25, 0.3) is 5.91 Å². The van der Waals surface area contributed by atoms with Gasteiger partial charge in [0.1, 0.15) is 0 Å². The minimum Gasteiger partial charge on any atom is -0.322 e. The molecule has 0 fully saturated rings. The summed E-state index contributed by atoms with van der Waals surface area (Å²) < 4.78 is 0. The van der Waals surface area contributed by atoms with Crippen molar-refractivity contribution in [1.29, 1.82) is 0 Å². The second-order valence-electron chi connectivity index (χ2n) is 5.04. The largest absolute Gasteiger partial charge is 0.322 e. The smallest absolute Gasteiger partial charge is 0.257 e. The second-order valence-corrected chi connectivity index (χ2v) is 5.04. The molecule has 4 nitrogen and oxygen atoms in total. The number of nitrogens with one attached hydrogen (secondary N) is 2. The highest BCUT2D eigenvalue weighted by Gasteiger charge is 2.11. The van der Waals surface area contributed by atoms with Crippen molar-refractivity contribution < 1.29 is 4.79 Å². The van der Waals surface area contributed by atoms with E-state index in [1.54, 1.807) is 12.3 Å². The van der Waals surface area contributed by atoms with Gasteiger partial charge < -0.3 is 5.32 Å². The van der Waals surface area contributed by atoms with Crippen LogP contribution < -0.4 is 5.32 Å². The van der Waals surface area contributed by atoms with Crippen LogP contribution in [0.3, 0.4) is 0 Å². The normalized spacial score (nSPS) is 10.7. The fraction of sp³-hybridized carbons (Fsp3) is 0.176. The van der Waals surface area contributed by atoms with E-state index in [1.165, 1.54) is 5.56 Å². The molecule has 1 aromatic heterocycles. The maximum Gasteiger partial charge on any atom is 0.257 e. The number of H-pyrrole nitrogens is 1. The van der Waals surface area contributed by atoms with Gasteiger partial charge in [0, 0.05) is 11.1 Å². The van der Waals surface area contributed by atoms with Crippen LogP contribution in [0, 0.1) is 0 Å². The number of carbonyl (C=O) groups is 1. The average molecular weight is 279 g/mol. The molecule has 0 spiro atoms. The first kappa shape index (κ1) is 13.4. The molecule has 2 aromatic carbocycles. The number of nitrogens with zero attached hydrogens (tertiary/aromatic N) is 1. The zero-order valence-corrected chi connectivity index (χ0v) is 11.9. The third-order valence-electron chi connectivity index (χ3n) is 3.47. The fourth-order valence-corrected chi connectivity index (χ4v) is 2.40. The van der Waals surface area contributed by atoms with Gasteiger partial charge in [0.15, 0.2) is 0 Å². The molecule has 0 atom stereocenters. The number of anilines is 1. The minimum atomic E-state index is -0.131. The molecule has 0 saturated heterocycles. The van der Waals surface area contributed by atoms with Crippen molar-refractivity contribution in [1.82, 2.24) is 10.2 Å². The summed E-state index contributed by atoms with van der Waals surface area (Å²) in [4.78, 5) is 12.4. The third kappa shape index (κ3) is 2.79. The number of aromatic nitrogens is 2. The monoisotopic (exact) mass is 279 g/mol. The number of aryl methyl sites for hydroxylation is 1. The van der Waals surface area contributed by atoms with E-state index in [4.69, 9.17) is 0 Å². The molecule has 1 amide bonds. The lowest BCUT2D eigenvalue weighted by Gasteiger charge is -2.07. The number of hydrogen-bond donors (Lipinski definition) is 2. The highest BCUT2D eigenvalue weighted by molar-refractivity contribution is 6.11. The van der Waals surface area contributed by atoms with Crippen LogP contribution in [-0.2, 0) is 6.42 Å². The van der Waals surface area contributed by atoms with Crippen molar-refractivity contribution in [2.75, 3.05) is 5.32 Å². The Morgan fingerprint density at radius 3 is 2.76 bits per heavy atom. The lowest BCUT2D eigenvalue weighted by atomic mass is 10.1. The summed E-state index contributed by atoms with van der Waals surface area (Å²) in [5, 5.41) is 10.7. The second kappa shape index (κ2) is 5.79. The van der Waals surface area contributed by atoms with Crippen LogP contribution in [0.1, 0.15) is 29.3 Å². The molecule has 1 heterocycles. The number of hydrogen-bond acceptors (Lipinski definition) is 2. The topological polar surface area (TPSA) is 57.8 Å². The lowest BCUT2D eigenvalue weighted by molar-refractivity contribution is 0.102. The standard InChI is InChI=1S/C17H17N3O/c1-2-4-12-7-9-14(10-8-12)19-17(21)15-6-3-5-13-11-18-20-16(13)15/h3,5-11H,2,4H2,1H3,(H,18,20)(H,19,21). The van der Waals surface area contributed by atoms with E-state index in [2.05, 4.69) is 34.6 Å². The van der Waals surface area contributed by atoms with Crippen molar-refractivity contribution in [3.63, 3.8) is 0 Å². The molecule has 3 rings (SSSR count). The van der Waals surface area contributed by atoms with Crippen molar-refractivity contribution in [2.24, 2.45) is 0 Å². The van der Waals surface area contributed by atoms with Gasteiger partial charge >= 0.3 is 0 Å². The molecule has 3 aromatic rings. The molecule has 0 unspecified atom stereocenters. The first-order chi connectivity index (χ1) is 10.3. The molecule has 106 valence electrons. The van der Waals surface area contributed by atoms with Crippen molar-refractivity contribution >= 4 is 22.5 Å². The summed E-state index contributed by atoms with van der Waals surface area (Å²) >= 11 is 0. The Labute approximate surface area is 123 Å². The molecule has 0 aliphatic heterocycles. The van der Waals surface area contributed by atoms with Crippen molar-refractivity contribution in [3.8, 4) is 0 Å². The van der Waals surface area contributed by atoms with E-state index in [0.717, 1.165) is 29.4 Å². The van der Waals surface area contributed by atoms with Crippen LogP contribution in [0.25, 0.3) is 10.9 Å². The predicted molar refractivity (Wildman–Crippen MR) is 84.5 cm³/mol. The van der Waals surface area contributed by atoms with Crippen LogP contribution >= 0.6 is 0 Å². The first-order valence-electron chi connectivity index (χ1n) is 7.10. The van der Waals surface area contributed by atoms with Crippen molar-refractivity contribution in [3.05, 3.63) is 59.8 Å². The number of amides is 1. The summed E-state index contributed by atoms with van der Waals surface area (Å²) in [6.07, 6.45) is 3.89. The van der Waals surface area contributed by atoms with Gasteiger partial charge in [-0.2, -0.15) is 5.10 Å². The quantitative estimate of drug-likeness (QED) is 0.763. The fourth-order valence-electron chi connectivity index (χ4n) is 2.40. The third-order valence-corrected chi connectivity index (χ3v) is 3.47. The molecule has 0 aliphatic rings. The molecule has 21 heavy (non-hydrogen) atoms. The van der Waals surface area contributed by atoms with Gasteiger partial charge in [-0.1, -0.05) is 37.6 Å². The molecule has 0 bridgehead atoms. The first-order valence-corrected chi connectivity index (χ1v) is 7.10. The van der Waals surface area contributed by atoms with Crippen LogP contribution in [0.15, 0.2) is 48.7 Å². The van der Waals surface area contributed by atoms with Gasteiger partial charge in [-0.15, -0.1) is 0 Å². The minimum absolute atomic E-state index is 0.131. The molecular weight excluding hydrogens is 262 g/mol. The highest BCUT2D eigenvalue weighted by Crippen LogP contribution is 2.18. The van der Waals surface area contributed by atoms with Crippen LogP contribution in [0.5, 0.6) is 0 Å². The lowest BCUT2D eigenvalue weighted by Crippen LogP contribution is -2.12. The number of carbonyl (C=O) groups excluding carboxylic acids is 1. The zero-order valence-electron chi connectivity index (χ0n) is 11.9.